The Morgan fingerprint density at radius 1 is 1.26 bits per heavy atom. The molecule has 0 spiro atoms. The first-order valence-corrected chi connectivity index (χ1v) is 8.47. The number of likely N-dealkylation sites (tertiary alicyclic amines) is 1. The summed E-state index contributed by atoms with van der Waals surface area (Å²) < 4.78 is 6.16. The Kier molecular flexibility index (Phi) is 5.09. The van der Waals surface area contributed by atoms with Crippen LogP contribution in [0.1, 0.15) is 24.0 Å². The average Bonchev–Trinajstić information content (AvgIpc) is 2.51. The molecule has 1 heterocycles. The molecule has 2 aromatic carbocycles. The van der Waals surface area contributed by atoms with E-state index in [9.17, 15) is 0 Å². The number of piperidine rings is 1. The normalized spacial score (nSPS) is 18.8. The molecule has 0 saturated carbocycles. The molecule has 0 aromatic heterocycles. The lowest BCUT2D eigenvalue weighted by molar-refractivity contribution is 0.0843. The van der Waals surface area contributed by atoms with Gasteiger partial charge in [0.2, 0.25) is 0 Å². The van der Waals surface area contributed by atoms with Crippen LogP contribution < -0.4 is 10.5 Å². The molecule has 3 rings (SSSR count). The number of anilines is 1. The second-order valence-electron chi connectivity index (χ2n) is 6.27. The smallest absolute Gasteiger partial charge is 0.120 e. The van der Waals surface area contributed by atoms with E-state index in [1.54, 1.807) is 0 Å². The highest BCUT2D eigenvalue weighted by molar-refractivity contribution is 6.30. The Labute approximate surface area is 143 Å². The van der Waals surface area contributed by atoms with Gasteiger partial charge >= 0.3 is 0 Å². The van der Waals surface area contributed by atoms with Crippen LogP contribution in [-0.2, 0) is 6.54 Å². The van der Waals surface area contributed by atoms with Crippen molar-refractivity contribution in [2.45, 2.75) is 32.4 Å². The number of halogens is 1. The minimum atomic E-state index is 0.228. The topological polar surface area (TPSA) is 38.5 Å². The maximum Gasteiger partial charge on any atom is 0.120 e. The summed E-state index contributed by atoms with van der Waals surface area (Å²) in [6, 6.07) is 14.0. The second-order valence-corrected chi connectivity index (χ2v) is 6.70. The fourth-order valence-electron chi connectivity index (χ4n) is 3.06. The van der Waals surface area contributed by atoms with E-state index in [4.69, 9.17) is 22.1 Å². The highest BCUT2D eigenvalue weighted by Crippen LogP contribution is 2.23. The van der Waals surface area contributed by atoms with Crippen molar-refractivity contribution in [1.82, 2.24) is 4.90 Å². The maximum atomic E-state index is 6.16. The van der Waals surface area contributed by atoms with E-state index in [1.165, 1.54) is 5.56 Å². The number of ether oxygens (including phenoxy) is 1. The maximum absolute atomic E-state index is 6.16. The lowest BCUT2D eigenvalue weighted by Gasteiger charge is -2.33. The Hall–Kier alpha value is -1.71. The van der Waals surface area contributed by atoms with Crippen LogP contribution in [0, 0.1) is 6.92 Å². The van der Waals surface area contributed by atoms with Gasteiger partial charge in [-0.2, -0.15) is 0 Å². The molecule has 2 N–H and O–H groups in total. The third-order valence-corrected chi connectivity index (χ3v) is 4.54. The zero-order valence-corrected chi connectivity index (χ0v) is 14.2. The minimum Gasteiger partial charge on any atom is -0.489 e. The predicted molar refractivity (Wildman–Crippen MR) is 96.0 cm³/mol. The van der Waals surface area contributed by atoms with E-state index in [0.717, 1.165) is 54.5 Å². The second kappa shape index (κ2) is 7.24. The summed E-state index contributed by atoms with van der Waals surface area (Å²) in [5, 5.41) is 0.796. The number of hydrogen-bond acceptors (Lipinski definition) is 3. The summed E-state index contributed by atoms with van der Waals surface area (Å²) in [6.07, 6.45) is 2.47. The van der Waals surface area contributed by atoms with Crippen LogP contribution in [0.15, 0.2) is 42.5 Å². The van der Waals surface area contributed by atoms with Gasteiger partial charge in [0, 0.05) is 23.8 Å². The zero-order valence-electron chi connectivity index (χ0n) is 13.5. The van der Waals surface area contributed by atoms with Crippen LogP contribution in [0.3, 0.4) is 0 Å². The molecule has 1 unspecified atom stereocenters. The van der Waals surface area contributed by atoms with Gasteiger partial charge in [0.1, 0.15) is 11.9 Å². The summed E-state index contributed by atoms with van der Waals surface area (Å²) in [5.41, 5.74) is 8.99. The molecule has 1 fully saturated rings. The van der Waals surface area contributed by atoms with Crippen LogP contribution in [0.5, 0.6) is 5.75 Å². The van der Waals surface area contributed by atoms with Crippen LogP contribution >= 0.6 is 11.6 Å². The van der Waals surface area contributed by atoms with E-state index >= 15 is 0 Å². The molecule has 0 amide bonds. The van der Waals surface area contributed by atoms with Gasteiger partial charge in [-0.05, 0) is 67.8 Å². The van der Waals surface area contributed by atoms with Gasteiger partial charge in [0.15, 0.2) is 0 Å². The number of hydrogen-bond donors (Lipinski definition) is 1. The first-order chi connectivity index (χ1) is 11.1. The van der Waals surface area contributed by atoms with Crippen molar-refractivity contribution in [3.8, 4) is 5.75 Å². The Morgan fingerprint density at radius 2 is 2.13 bits per heavy atom. The molecule has 0 radical (unpaired) electrons. The van der Waals surface area contributed by atoms with Crippen molar-refractivity contribution in [3.05, 3.63) is 58.6 Å². The quantitative estimate of drug-likeness (QED) is 0.851. The van der Waals surface area contributed by atoms with Crippen molar-refractivity contribution in [3.63, 3.8) is 0 Å². The number of nitrogen functional groups attached to an aromatic ring is 1. The minimum absolute atomic E-state index is 0.228. The highest BCUT2D eigenvalue weighted by Gasteiger charge is 2.21. The zero-order chi connectivity index (χ0) is 16.2. The molecule has 1 aliphatic heterocycles. The number of benzene rings is 2. The molecule has 122 valence electrons. The Balaban J connectivity index is 1.60. The van der Waals surface area contributed by atoms with Gasteiger partial charge in [-0.15, -0.1) is 0 Å². The summed E-state index contributed by atoms with van der Waals surface area (Å²) in [6.45, 7) is 4.97. The van der Waals surface area contributed by atoms with Crippen molar-refractivity contribution in [1.29, 1.82) is 0 Å². The molecule has 0 bridgehead atoms. The summed E-state index contributed by atoms with van der Waals surface area (Å²) in [4.78, 5) is 2.43. The van der Waals surface area contributed by atoms with E-state index in [1.807, 2.05) is 43.3 Å². The van der Waals surface area contributed by atoms with Crippen molar-refractivity contribution >= 4 is 17.3 Å². The summed E-state index contributed by atoms with van der Waals surface area (Å²) in [5.74, 6) is 0.909. The fraction of sp³-hybridized carbons (Fsp3) is 0.368. The van der Waals surface area contributed by atoms with Crippen LogP contribution in [0.2, 0.25) is 5.02 Å². The van der Waals surface area contributed by atoms with Gasteiger partial charge in [0.05, 0.1) is 0 Å². The van der Waals surface area contributed by atoms with Gasteiger partial charge in [-0.25, -0.2) is 0 Å². The summed E-state index contributed by atoms with van der Waals surface area (Å²) in [7, 11) is 0. The number of nitrogens with two attached hydrogens (primary N) is 1. The van der Waals surface area contributed by atoms with Crippen molar-refractivity contribution in [2.24, 2.45) is 0 Å². The molecule has 1 atom stereocenters. The first kappa shape index (κ1) is 16.2. The molecule has 1 aliphatic rings. The van der Waals surface area contributed by atoms with E-state index in [2.05, 4.69) is 11.0 Å². The number of aryl methyl sites for hydroxylation is 1. The van der Waals surface area contributed by atoms with Gasteiger partial charge in [0.25, 0.3) is 0 Å². The Bertz CT molecular complexity index is 674. The lowest BCUT2D eigenvalue weighted by atomic mass is 10.1. The molecule has 0 aliphatic carbocycles. The van der Waals surface area contributed by atoms with Crippen LogP contribution in [-0.4, -0.2) is 24.1 Å². The molecule has 2 aromatic rings. The van der Waals surface area contributed by atoms with Crippen LogP contribution in [0.25, 0.3) is 0 Å². The van der Waals surface area contributed by atoms with Crippen molar-refractivity contribution < 1.29 is 4.74 Å². The third-order valence-electron chi connectivity index (χ3n) is 4.30. The lowest BCUT2D eigenvalue weighted by Crippen LogP contribution is -2.40. The molecule has 1 saturated heterocycles. The molecular formula is C19H23ClN2O. The molecule has 23 heavy (non-hydrogen) atoms. The van der Waals surface area contributed by atoms with Crippen LogP contribution in [0.4, 0.5) is 5.69 Å². The number of nitrogens with zero attached hydrogens (tertiary/aromatic N) is 1. The third kappa shape index (κ3) is 4.40. The monoisotopic (exact) mass is 330 g/mol. The predicted octanol–water partition coefficient (Wildman–Crippen LogP) is 4.27. The van der Waals surface area contributed by atoms with E-state index < -0.39 is 0 Å². The summed E-state index contributed by atoms with van der Waals surface area (Å²) >= 11 is 6.07. The molecule has 3 nitrogen and oxygen atoms in total. The van der Waals surface area contributed by atoms with Gasteiger partial charge < -0.3 is 10.5 Å². The highest BCUT2D eigenvalue weighted by atomic mass is 35.5. The van der Waals surface area contributed by atoms with E-state index in [0.29, 0.717) is 0 Å². The average molecular weight is 331 g/mol. The number of rotatable bonds is 4. The first-order valence-electron chi connectivity index (χ1n) is 8.10. The molecular weight excluding hydrogens is 308 g/mol. The van der Waals surface area contributed by atoms with Gasteiger partial charge in [-0.3, -0.25) is 4.90 Å². The van der Waals surface area contributed by atoms with E-state index in [-0.39, 0.29) is 6.10 Å². The standard InChI is InChI=1S/C19H23ClN2O/c1-14-10-17(7-8-19(14)21)23-18-6-3-9-22(13-18)12-15-4-2-5-16(20)11-15/h2,4-5,7-8,10-11,18H,3,6,9,12-13,21H2,1H3. The SMILES string of the molecule is Cc1cc(OC2CCCN(Cc3cccc(Cl)c3)C2)ccc1N. The molecule has 4 heteroatoms. The fourth-order valence-corrected chi connectivity index (χ4v) is 3.27. The van der Waals surface area contributed by atoms with Gasteiger partial charge in [-0.1, -0.05) is 23.7 Å². The van der Waals surface area contributed by atoms with Crippen molar-refractivity contribution in [2.75, 3.05) is 18.8 Å². The largest absolute Gasteiger partial charge is 0.489 e. The Morgan fingerprint density at radius 3 is 2.91 bits per heavy atom.